The number of nitrogens with one attached hydrogen (secondary N) is 1. The fourth-order valence-electron chi connectivity index (χ4n) is 3.83. The number of amides is 1. The van der Waals surface area contributed by atoms with Gasteiger partial charge >= 0.3 is 5.97 Å². The molecular formula is C22H16N2O5. The van der Waals surface area contributed by atoms with Crippen molar-refractivity contribution < 1.29 is 19.6 Å². The van der Waals surface area contributed by atoms with Gasteiger partial charge in [0.25, 0.3) is 11.6 Å². The molecule has 0 radical (unpaired) electrons. The van der Waals surface area contributed by atoms with Crippen LogP contribution in [0.15, 0.2) is 72.8 Å². The second kappa shape index (κ2) is 7.20. The first-order chi connectivity index (χ1) is 14.0. The molecule has 29 heavy (non-hydrogen) atoms. The summed E-state index contributed by atoms with van der Waals surface area (Å²) in [5.74, 6) is -2.43. The number of aliphatic carboxylic acids is 1. The highest BCUT2D eigenvalue weighted by Crippen LogP contribution is 2.46. The van der Waals surface area contributed by atoms with Gasteiger partial charge in [0.05, 0.1) is 4.92 Å². The summed E-state index contributed by atoms with van der Waals surface area (Å²) in [6.07, 6.45) is 0. The van der Waals surface area contributed by atoms with E-state index in [-0.39, 0.29) is 11.3 Å². The number of nitro groups is 1. The molecule has 0 heterocycles. The average Bonchev–Trinajstić information content (AvgIpc) is 3.06. The Labute approximate surface area is 165 Å². The Balaban J connectivity index is 1.72. The van der Waals surface area contributed by atoms with Crippen LogP contribution in [0.2, 0.25) is 0 Å². The Hall–Kier alpha value is -4.00. The van der Waals surface area contributed by atoms with Gasteiger partial charge in [0.2, 0.25) is 0 Å². The van der Waals surface area contributed by atoms with E-state index in [9.17, 15) is 24.8 Å². The molecule has 0 saturated heterocycles. The Morgan fingerprint density at radius 3 is 2.07 bits per heavy atom. The average molecular weight is 388 g/mol. The fourth-order valence-corrected chi connectivity index (χ4v) is 3.83. The maximum absolute atomic E-state index is 12.7. The van der Waals surface area contributed by atoms with Crippen LogP contribution in [-0.4, -0.2) is 27.9 Å². The highest BCUT2D eigenvalue weighted by Gasteiger charge is 2.39. The molecule has 3 aromatic carbocycles. The zero-order chi connectivity index (χ0) is 20.5. The van der Waals surface area contributed by atoms with E-state index < -0.39 is 28.8 Å². The maximum atomic E-state index is 12.7. The molecule has 7 nitrogen and oxygen atoms in total. The molecule has 7 heteroatoms. The van der Waals surface area contributed by atoms with Crippen LogP contribution in [0.25, 0.3) is 11.1 Å². The second-order valence-corrected chi connectivity index (χ2v) is 6.75. The van der Waals surface area contributed by atoms with Crippen molar-refractivity contribution in [2.24, 2.45) is 0 Å². The molecule has 0 bridgehead atoms. The van der Waals surface area contributed by atoms with Gasteiger partial charge in [-0.2, -0.15) is 0 Å². The van der Waals surface area contributed by atoms with E-state index in [1.54, 1.807) is 0 Å². The van der Waals surface area contributed by atoms with Gasteiger partial charge in [-0.05, 0) is 28.3 Å². The van der Waals surface area contributed by atoms with E-state index in [2.05, 4.69) is 5.32 Å². The number of nitrogens with zero attached hydrogens (tertiary/aromatic N) is 1. The molecule has 2 N–H and O–H groups in total. The number of carbonyl (C=O) groups is 2. The van der Waals surface area contributed by atoms with Crippen LogP contribution >= 0.6 is 0 Å². The monoisotopic (exact) mass is 388 g/mol. The fraction of sp³-hybridized carbons (Fsp3) is 0.0909. The van der Waals surface area contributed by atoms with Gasteiger partial charge in [0, 0.05) is 23.6 Å². The second-order valence-electron chi connectivity index (χ2n) is 6.75. The summed E-state index contributed by atoms with van der Waals surface area (Å²) in [5.41, 5.74) is 3.31. The Kier molecular flexibility index (Phi) is 4.56. The van der Waals surface area contributed by atoms with E-state index in [0.29, 0.717) is 0 Å². The first kappa shape index (κ1) is 18.4. The SMILES string of the molecule is O=C(N[C@@H](C(=O)O)C1c2ccccc2-c2ccccc21)c1cccc([N+](=O)[O-])c1. The van der Waals surface area contributed by atoms with Gasteiger partial charge in [-0.15, -0.1) is 0 Å². The summed E-state index contributed by atoms with van der Waals surface area (Å²) in [6, 6.07) is 19.0. The zero-order valence-electron chi connectivity index (χ0n) is 15.1. The van der Waals surface area contributed by atoms with Gasteiger partial charge < -0.3 is 10.4 Å². The van der Waals surface area contributed by atoms with Crippen molar-refractivity contribution in [3.05, 3.63) is 99.6 Å². The van der Waals surface area contributed by atoms with Gasteiger partial charge in [-0.25, -0.2) is 4.79 Å². The number of carboxylic acids is 1. The molecule has 1 aliphatic rings. The molecular weight excluding hydrogens is 372 g/mol. The number of rotatable bonds is 5. The van der Waals surface area contributed by atoms with Crippen molar-refractivity contribution in [2.75, 3.05) is 0 Å². The molecule has 4 rings (SSSR count). The van der Waals surface area contributed by atoms with Crippen LogP contribution in [-0.2, 0) is 4.79 Å². The first-order valence-electron chi connectivity index (χ1n) is 8.93. The summed E-state index contributed by atoms with van der Waals surface area (Å²) in [7, 11) is 0. The normalized spacial score (nSPS) is 13.2. The first-order valence-corrected chi connectivity index (χ1v) is 8.93. The molecule has 0 spiro atoms. The van der Waals surface area contributed by atoms with Crippen molar-refractivity contribution in [3.8, 4) is 11.1 Å². The molecule has 0 fully saturated rings. The van der Waals surface area contributed by atoms with Gasteiger partial charge in [0.1, 0.15) is 6.04 Å². The third-order valence-electron chi connectivity index (χ3n) is 5.09. The minimum Gasteiger partial charge on any atom is -0.480 e. The van der Waals surface area contributed by atoms with Gasteiger partial charge in [-0.1, -0.05) is 54.6 Å². The minimum absolute atomic E-state index is 0.0324. The third kappa shape index (κ3) is 3.23. The summed E-state index contributed by atoms with van der Waals surface area (Å²) in [4.78, 5) is 35.2. The topological polar surface area (TPSA) is 110 Å². The minimum atomic E-state index is -1.23. The van der Waals surface area contributed by atoms with Crippen LogP contribution in [0.5, 0.6) is 0 Å². The van der Waals surface area contributed by atoms with Crippen LogP contribution in [0.3, 0.4) is 0 Å². The molecule has 0 aliphatic heterocycles. The predicted octanol–water partition coefficient (Wildman–Crippen LogP) is 3.59. The van der Waals surface area contributed by atoms with E-state index >= 15 is 0 Å². The smallest absolute Gasteiger partial charge is 0.327 e. The zero-order valence-corrected chi connectivity index (χ0v) is 15.1. The molecule has 1 aliphatic carbocycles. The van der Waals surface area contributed by atoms with E-state index in [1.165, 1.54) is 18.2 Å². The Bertz CT molecular complexity index is 1100. The molecule has 1 atom stereocenters. The Morgan fingerprint density at radius 2 is 1.52 bits per heavy atom. The van der Waals surface area contributed by atoms with E-state index in [0.717, 1.165) is 28.3 Å². The molecule has 0 aromatic heterocycles. The summed E-state index contributed by atoms with van der Waals surface area (Å²) in [6.45, 7) is 0. The number of carbonyl (C=O) groups excluding carboxylic acids is 1. The van der Waals surface area contributed by atoms with Gasteiger partial charge in [0.15, 0.2) is 0 Å². The summed E-state index contributed by atoms with van der Waals surface area (Å²) in [5, 5.41) is 23.4. The van der Waals surface area contributed by atoms with Crippen LogP contribution in [0.1, 0.15) is 27.4 Å². The summed E-state index contributed by atoms with van der Waals surface area (Å²) < 4.78 is 0. The van der Waals surface area contributed by atoms with Crippen molar-refractivity contribution in [2.45, 2.75) is 12.0 Å². The standard InChI is InChI=1S/C22H16N2O5/c25-21(13-6-5-7-14(12-13)24(28)29)23-20(22(26)27)19-17-10-3-1-8-15(17)16-9-2-4-11-18(16)19/h1-12,19-20H,(H,23,25)(H,26,27)/t20-/m1/s1. The maximum Gasteiger partial charge on any atom is 0.327 e. The number of nitro benzene ring substituents is 1. The molecule has 0 saturated carbocycles. The predicted molar refractivity (Wildman–Crippen MR) is 106 cm³/mol. The number of benzene rings is 3. The molecule has 144 valence electrons. The largest absolute Gasteiger partial charge is 0.480 e. The summed E-state index contributed by atoms with van der Waals surface area (Å²) >= 11 is 0. The third-order valence-corrected chi connectivity index (χ3v) is 5.09. The van der Waals surface area contributed by atoms with Crippen LogP contribution in [0, 0.1) is 10.1 Å². The lowest BCUT2D eigenvalue weighted by atomic mass is 9.89. The number of non-ortho nitro benzene ring substituents is 1. The lowest BCUT2D eigenvalue weighted by Gasteiger charge is -2.23. The lowest BCUT2D eigenvalue weighted by molar-refractivity contribution is -0.384. The van der Waals surface area contributed by atoms with Crippen molar-refractivity contribution >= 4 is 17.6 Å². The molecule has 1 amide bonds. The highest BCUT2D eigenvalue weighted by molar-refractivity contribution is 5.98. The number of carboxylic acid groups (broad SMARTS) is 1. The van der Waals surface area contributed by atoms with Crippen molar-refractivity contribution in [3.63, 3.8) is 0 Å². The highest BCUT2D eigenvalue weighted by atomic mass is 16.6. The number of hydrogen-bond acceptors (Lipinski definition) is 4. The quantitative estimate of drug-likeness (QED) is 0.513. The van der Waals surface area contributed by atoms with Gasteiger partial charge in [-0.3, -0.25) is 14.9 Å². The molecule has 0 unspecified atom stereocenters. The van der Waals surface area contributed by atoms with Crippen molar-refractivity contribution in [1.82, 2.24) is 5.32 Å². The molecule has 3 aromatic rings. The van der Waals surface area contributed by atoms with E-state index in [1.807, 2.05) is 48.5 Å². The van der Waals surface area contributed by atoms with Crippen molar-refractivity contribution in [1.29, 1.82) is 0 Å². The number of hydrogen-bond donors (Lipinski definition) is 2. The van der Waals surface area contributed by atoms with Crippen LogP contribution in [0.4, 0.5) is 5.69 Å². The van der Waals surface area contributed by atoms with Crippen LogP contribution < -0.4 is 5.32 Å². The lowest BCUT2D eigenvalue weighted by Crippen LogP contribution is -2.44. The van der Waals surface area contributed by atoms with E-state index in [4.69, 9.17) is 0 Å². The number of fused-ring (bicyclic) bond motifs is 3. The Morgan fingerprint density at radius 1 is 0.931 bits per heavy atom.